The number of fused-ring (bicyclic) bond motifs is 5. The summed E-state index contributed by atoms with van der Waals surface area (Å²) in [5, 5.41) is 0. The average Bonchev–Trinajstić information content (AvgIpc) is 3.47. The molecule has 5 rings (SSSR count). The summed E-state index contributed by atoms with van der Waals surface area (Å²) >= 11 is 0. The van der Waals surface area contributed by atoms with Crippen molar-refractivity contribution >= 4 is 29.3 Å². The van der Waals surface area contributed by atoms with Gasteiger partial charge in [-0.2, -0.15) is 0 Å². The quantitative estimate of drug-likeness (QED) is 0.421. The Labute approximate surface area is 180 Å². The van der Waals surface area contributed by atoms with Crippen molar-refractivity contribution in [2.45, 2.75) is 32.3 Å². The van der Waals surface area contributed by atoms with Crippen LogP contribution in [0.4, 0.5) is 5.69 Å². The smallest absolute Gasteiger partial charge is 0.338 e. The zero-order valence-electron chi connectivity index (χ0n) is 17.2. The van der Waals surface area contributed by atoms with Crippen molar-refractivity contribution in [1.82, 2.24) is 0 Å². The maximum Gasteiger partial charge on any atom is 0.338 e. The fraction of sp³-hybridized carbons (Fsp3) is 0.360. The predicted octanol–water partition coefficient (Wildman–Crippen LogP) is 3.65. The van der Waals surface area contributed by atoms with Crippen LogP contribution in [0.5, 0.6) is 0 Å². The topological polar surface area (TPSA) is 80.8 Å². The number of Topliss-reactive ketones (excluding diaryl/α,β-unsaturated/α-hetero) is 1. The lowest BCUT2D eigenvalue weighted by Gasteiger charge is -2.19. The number of carbonyl (C=O) groups is 4. The number of anilines is 1. The fourth-order valence-electron chi connectivity index (χ4n) is 5.53. The fourth-order valence-corrected chi connectivity index (χ4v) is 5.53. The molecule has 2 aromatic rings. The van der Waals surface area contributed by atoms with Crippen LogP contribution in [0, 0.1) is 23.7 Å². The lowest BCUT2D eigenvalue weighted by atomic mass is 9.81. The molecule has 1 saturated heterocycles. The van der Waals surface area contributed by atoms with Crippen molar-refractivity contribution in [3.05, 3.63) is 65.7 Å². The Balaban J connectivity index is 1.28. The van der Waals surface area contributed by atoms with Gasteiger partial charge in [0.2, 0.25) is 17.6 Å². The highest BCUT2D eigenvalue weighted by Crippen LogP contribution is 2.56. The van der Waals surface area contributed by atoms with Crippen LogP contribution in [0.25, 0.3) is 0 Å². The monoisotopic (exact) mass is 417 g/mol. The summed E-state index contributed by atoms with van der Waals surface area (Å²) in [6.45, 7) is 1.54. The zero-order valence-corrected chi connectivity index (χ0v) is 17.2. The van der Waals surface area contributed by atoms with E-state index >= 15 is 0 Å². The summed E-state index contributed by atoms with van der Waals surface area (Å²) in [6.07, 6.45) is 2.13. The molecule has 6 nitrogen and oxygen atoms in total. The van der Waals surface area contributed by atoms with E-state index in [1.54, 1.807) is 36.4 Å². The molecule has 1 aliphatic heterocycles. The molecule has 3 fully saturated rings. The van der Waals surface area contributed by atoms with Gasteiger partial charge in [0.25, 0.3) is 0 Å². The Kier molecular flexibility index (Phi) is 4.73. The van der Waals surface area contributed by atoms with Crippen molar-refractivity contribution in [3.63, 3.8) is 0 Å². The largest absolute Gasteiger partial charge is 0.451 e. The normalized spacial score (nSPS) is 27.3. The third kappa shape index (κ3) is 3.17. The van der Waals surface area contributed by atoms with Crippen LogP contribution in [0.3, 0.4) is 0 Å². The van der Waals surface area contributed by atoms with Crippen molar-refractivity contribution < 1.29 is 23.9 Å². The molecule has 0 aromatic heterocycles. The predicted molar refractivity (Wildman–Crippen MR) is 112 cm³/mol. The first-order valence-electron chi connectivity index (χ1n) is 10.7. The van der Waals surface area contributed by atoms with Crippen LogP contribution >= 0.6 is 0 Å². The van der Waals surface area contributed by atoms with E-state index in [0.717, 1.165) is 19.3 Å². The molecule has 2 saturated carbocycles. The lowest BCUT2D eigenvalue weighted by Crippen LogP contribution is -2.32. The van der Waals surface area contributed by atoms with Gasteiger partial charge in [-0.3, -0.25) is 19.3 Å². The van der Waals surface area contributed by atoms with Gasteiger partial charge in [0, 0.05) is 5.56 Å². The SMILES string of the molecule is C[C@H](OC(=O)c1ccc(N2C(=O)[C@H]3[C@H]4CC[C@@H](C4)[C@@H]3C2=O)cc1)C(=O)c1ccccc1. The number of hydrogen-bond donors (Lipinski definition) is 0. The highest BCUT2D eigenvalue weighted by Gasteiger charge is 2.61. The van der Waals surface area contributed by atoms with E-state index in [1.165, 1.54) is 24.0 Å². The van der Waals surface area contributed by atoms with Crippen molar-refractivity contribution in [2.75, 3.05) is 4.90 Å². The second-order valence-electron chi connectivity index (χ2n) is 8.72. The van der Waals surface area contributed by atoms with Crippen molar-refractivity contribution in [3.8, 4) is 0 Å². The summed E-state index contributed by atoms with van der Waals surface area (Å²) in [4.78, 5) is 52.1. The molecule has 0 unspecified atom stereocenters. The molecule has 2 amide bonds. The molecule has 2 aliphatic carbocycles. The number of esters is 1. The summed E-state index contributed by atoms with van der Waals surface area (Å²) < 4.78 is 5.32. The van der Waals surface area contributed by atoms with Gasteiger partial charge in [-0.05, 0) is 62.3 Å². The van der Waals surface area contributed by atoms with E-state index in [4.69, 9.17) is 4.74 Å². The second kappa shape index (κ2) is 7.45. The molecule has 3 aliphatic rings. The van der Waals surface area contributed by atoms with Crippen LogP contribution in [-0.4, -0.2) is 29.7 Å². The number of ether oxygens (including phenoxy) is 1. The number of amides is 2. The third-order valence-electron chi connectivity index (χ3n) is 7.00. The molecule has 31 heavy (non-hydrogen) atoms. The number of nitrogens with zero attached hydrogens (tertiary/aromatic N) is 1. The number of benzene rings is 2. The molecule has 2 bridgehead atoms. The highest BCUT2D eigenvalue weighted by molar-refractivity contribution is 6.22. The number of imide groups is 1. The Morgan fingerprint density at radius 3 is 2.03 bits per heavy atom. The maximum absolute atomic E-state index is 12.9. The van der Waals surface area contributed by atoms with Crippen LogP contribution in [0.15, 0.2) is 54.6 Å². The van der Waals surface area contributed by atoms with Gasteiger partial charge in [-0.25, -0.2) is 4.79 Å². The summed E-state index contributed by atoms with van der Waals surface area (Å²) in [7, 11) is 0. The number of rotatable bonds is 5. The average molecular weight is 417 g/mol. The number of carbonyl (C=O) groups excluding carboxylic acids is 4. The Bertz CT molecular complexity index is 1030. The minimum Gasteiger partial charge on any atom is -0.451 e. The highest BCUT2D eigenvalue weighted by atomic mass is 16.5. The van der Waals surface area contributed by atoms with E-state index in [0.29, 0.717) is 23.1 Å². The molecular weight excluding hydrogens is 394 g/mol. The standard InChI is InChI=1S/C25H23NO5/c1-14(22(27)15-5-3-2-4-6-15)31-25(30)16-9-11-19(12-10-16)26-23(28)20-17-7-8-18(13-17)21(20)24(26)29/h2-6,9-12,14,17-18,20-21H,7-8,13H2,1H3/t14-,17-,18-,20-,21-/m0/s1. The van der Waals surface area contributed by atoms with Gasteiger partial charge in [-0.15, -0.1) is 0 Å². The summed E-state index contributed by atoms with van der Waals surface area (Å²) in [5.41, 5.74) is 1.22. The van der Waals surface area contributed by atoms with Crippen LogP contribution in [-0.2, 0) is 14.3 Å². The van der Waals surface area contributed by atoms with Crippen molar-refractivity contribution in [1.29, 1.82) is 0 Å². The first-order chi connectivity index (χ1) is 15.0. The van der Waals surface area contributed by atoms with Crippen LogP contribution < -0.4 is 4.90 Å². The first-order valence-corrected chi connectivity index (χ1v) is 10.7. The van der Waals surface area contributed by atoms with Gasteiger partial charge < -0.3 is 4.74 Å². The molecule has 0 radical (unpaired) electrons. The molecule has 2 aromatic carbocycles. The molecule has 1 heterocycles. The molecule has 6 heteroatoms. The van der Waals surface area contributed by atoms with Crippen LogP contribution in [0.1, 0.15) is 46.9 Å². The molecule has 158 valence electrons. The van der Waals surface area contributed by atoms with Gasteiger partial charge in [0.05, 0.1) is 23.1 Å². The van der Waals surface area contributed by atoms with E-state index < -0.39 is 12.1 Å². The third-order valence-corrected chi connectivity index (χ3v) is 7.00. The zero-order chi connectivity index (χ0) is 21.7. The van der Waals surface area contributed by atoms with Crippen LogP contribution in [0.2, 0.25) is 0 Å². The minimum atomic E-state index is -0.925. The first kappa shape index (κ1) is 19.7. The molecule has 0 spiro atoms. The van der Waals surface area contributed by atoms with E-state index in [1.807, 2.05) is 6.07 Å². The number of hydrogen-bond acceptors (Lipinski definition) is 5. The Hall–Kier alpha value is -3.28. The van der Waals surface area contributed by atoms with Crippen molar-refractivity contribution in [2.24, 2.45) is 23.7 Å². The molecule has 5 atom stereocenters. The lowest BCUT2D eigenvalue weighted by molar-refractivity contribution is -0.123. The van der Waals surface area contributed by atoms with E-state index in [-0.39, 0.29) is 35.0 Å². The number of ketones is 1. The van der Waals surface area contributed by atoms with Gasteiger partial charge >= 0.3 is 5.97 Å². The second-order valence-corrected chi connectivity index (χ2v) is 8.72. The minimum absolute atomic E-state index is 0.111. The maximum atomic E-state index is 12.9. The van der Waals surface area contributed by atoms with E-state index in [9.17, 15) is 19.2 Å². The van der Waals surface area contributed by atoms with Gasteiger partial charge in [0.1, 0.15) is 0 Å². The summed E-state index contributed by atoms with van der Waals surface area (Å²) in [5.74, 6) is -0.832. The van der Waals surface area contributed by atoms with Gasteiger partial charge in [0.15, 0.2) is 6.10 Å². The van der Waals surface area contributed by atoms with Gasteiger partial charge in [-0.1, -0.05) is 30.3 Å². The summed E-state index contributed by atoms with van der Waals surface area (Å²) in [6, 6.07) is 14.9. The Morgan fingerprint density at radius 2 is 1.45 bits per heavy atom. The molecular formula is C25H23NO5. The molecule has 0 N–H and O–H groups in total. The Morgan fingerprint density at radius 1 is 0.871 bits per heavy atom. The van der Waals surface area contributed by atoms with E-state index in [2.05, 4.69) is 0 Å².